The van der Waals surface area contributed by atoms with Crippen LogP contribution in [0.4, 0.5) is 0 Å². The van der Waals surface area contributed by atoms with E-state index in [1.165, 1.54) is 29.8 Å². The van der Waals surface area contributed by atoms with E-state index in [4.69, 9.17) is 27.9 Å². The predicted molar refractivity (Wildman–Crippen MR) is 102 cm³/mol. The lowest BCUT2D eigenvalue weighted by Crippen LogP contribution is -2.70. The van der Waals surface area contributed by atoms with Crippen molar-refractivity contribution in [3.05, 3.63) is 33.8 Å². The Morgan fingerprint density at radius 3 is 2.56 bits per heavy atom. The Balaban J connectivity index is 1.75. The van der Waals surface area contributed by atoms with Crippen LogP contribution in [0.15, 0.2) is 18.2 Å². The van der Waals surface area contributed by atoms with Gasteiger partial charge in [0.2, 0.25) is 5.91 Å². The first-order valence-corrected chi connectivity index (χ1v) is 9.73. The molecular formula is C17H18Cl2N2O5S. The van der Waals surface area contributed by atoms with Gasteiger partial charge in [-0.3, -0.25) is 9.59 Å². The molecule has 2 aliphatic rings. The quantitative estimate of drug-likeness (QED) is 0.692. The highest BCUT2D eigenvalue weighted by atomic mass is 35.5. The number of nitrogens with one attached hydrogen (secondary N) is 1. The van der Waals surface area contributed by atoms with E-state index in [-0.39, 0.29) is 5.02 Å². The third kappa shape index (κ3) is 3.40. The largest absolute Gasteiger partial charge is 0.480 e. The SMILES string of the molecule is COC(C(=O)N[C@@H]1C(=O)N2[C@@H]1SC(C)(C)[C@@H]2C(=O)O)c1ccc(Cl)c(Cl)c1. The van der Waals surface area contributed by atoms with Gasteiger partial charge in [0.25, 0.3) is 5.91 Å². The van der Waals surface area contributed by atoms with Crippen LogP contribution in [-0.4, -0.2) is 57.1 Å². The number of carboxylic acids is 1. The number of nitrogens with zero attached hydrogens (tertiary/aromatic N) is 1. The van der Waals surface area contributed by atoms with Crippen molar-refractivity contribution < 1.29 is 24.2 Å². The monoisotopic (exact) mass is 432 g/mol. The zero-order valence-electron chi connectivity index (χ0n) is 14.7. The van der Waals surface area contributed by atoms with Crippen molar-refractivity contribution in [2.24, 2.45) is 0 Å². The minimum atomic E-state index is -1.06. The molecule has 27 heavy (non-hydrogen) atoms. The molecule has 4 atom stereocenters. The maximum Gasteiger partial charge on any atom is 0.327 e. The normalized spacial score (nSPS) is 26.9. The number of rotatable bonds is 5. The number of amides is 2. The summed E-state index contributed by atoms with van der Waals surface area (Å²) in [6, 6.07) is 2.97. The molecule has 7 nitrogen and oxygen atoms in total. The summed E-state index contributed by atoms with van der Waals surface area (Å²) in [7, 11) is 1.37. The molecule has 146 valence electrons. The van der Waals surface area contributed by atoms with E-state index < -0.39 is 46.1 Å². The van der Waals surface area contributed by atoms with Crippen LogP contribution < -0.4 is 5.32 Å². The van der Waals surface area contributed by atoms with Crippen molar-refractivity contribution in [1.29, 1.82) is 0 Å². The molecule has 2 saturated heterocycles. The number of aliphatic carboxylic acids is 1. The molecule has 1 unspecified atom stereocenters. The second-order valence-electron chi connectivity index (χ2n) is 6.87. The molecule has 0 aliphatic carbocycles. The molecule has 0 saturated carbocycles. The summed E-state index contributed by atoms with van der Waals surface area (Å²) in [6.07, 6.45) is -0.976. The van der Waals surface area contributed by atoms with Gasteiger partial charge >= 0.3 is 5.97 Å². The number of fused-ring (bicyclic) bond motifs is 1. The first-order chi connectivity index (χ1) is 12.6. The Morgan fingerprint density at radius 2 is 2.00 bits per heavy atom. The average Bonchev–Trinajstić information content (AvgIpc) is 2.84. The van der Waals surface area contributed by atoms with Crippen LogP contribution in [0.5, 0.6) is 0 Å². The number of carbonyl (C=O) groups is 3. The Morgan fingerprint density at radius 1 is 1.33 bits per heavy atom. The van der Waals surface area contributed by atoms with E-state index in [0.717, 1.165) is 0 Å². The first kappa shape index (κ1) is 20.3. The Hall–Kier alpha value is -1.48. The number of carboxylic acid groups (broad SMARTS) is 1. The van der Waals surface area contributed by atoms with Crippen molar-refractivity contribution in [2.45, 2.75) is 42.2 Å². The summed E-state index contributed by atoms with van der Waals surface area (Å²) in [4.78, 5) is 38.0. The second kappa shape index (κ2) is 7.16. The van der Waals surface area contributed by atoms with Gasteiger partial charge in [-0.2, -0.15) is 0 Å². The average molecular weight is 433 g/mol. The van der Waals surface area contributed by atoms with Crippen molar-refractivity contribution in [3.63, 3.8) is 0 Å². The van der Waals surface area contributed by atoms with Gasteiger partial charge in [0.15, 0.2) is 6.10 Å². The van der Waals surface area contributed by atoms with E-state index in [9.17, 15) is 19.5 Å². The van der Waals surface area contributed by atoms with Crippen LogP contribution in [-0.2, 0) is 19.1 Å². The number of thioether (sulfide) groups is 1. The topological polar surface area (TPSA) is 95.9 Å². The van der Waals surface area contributed by atoms with Gasteiger partial charge in [0.1, 0.15) is 17.5 Å². The number of hydrogen-bond acceptors (Lipinski definition) is 5. The van der Waals surface area contributed by atoms with E-state index in [2.05, 4.69) is 5.32 Å². The Labute approximate surface area is 170 Å². The molecule has 0 aromatic heterocycles. The fraction of sp³-hybridized carbons (Fsp3) is 0.471. The smallest absolute Gasteiger partial charge is 0.327 e. The molecule has 2 heterocycles. The van der Waals surface area contributed by atoms with Gasteiger partial charge < -0.3 is 20.1 Å². The predicted octanol–water partition coefficient (Wildman–Crippen LogP) is 2.31. The molecule has 2 fully saturated rings. The summed E-state index contributed by atoms with van der Waals surface area (Å²) in [6.45, 7) is 3.54. The molecule has 2 N–H and O–H groups in total. The second-order valence-corrected chi connectivity index (χ2v) is 9.46. The molecule has 1 aromatic rings. The summed E-state index contributed by atoms with van der Waals surface area (Å²) in [5.74, 6) is -1.98. The standard InChI is InChI=1S/C17H18Cl2N2O5S/c1-17(2)12(16(24)25)21-14(23)10(15(21)27-17)20-13(22)11(26-3)7-4-5-8(18)9(19)6-7/h4-6,10-12,15H,1-3H3,(H,20,22)(H,24,25)/t10-,11?,12+,15-/m1/s1. The van der Waals surface area contributed by atoms with Crippen molar-refractivity contribution >= 4 is 52.7 Å². The van der Waals surface area contributed by atoms with Crippen molar-refractivity contribution in [1.82, 2.24) is 10.2 Å². The maximum atomic E-state index is 12.7. The lowest BCUT2D eigenvalue weighted by Gasteiger charge is -2.43. The molecule has 2 amide bonds. The lowest BCUT2D eigenvalue weighted by molar-refractivity contribution is -0.161. The van der Waals surface area contributed by atoms with Crippen LogP contribution >= 0.6 is 35.0 Å². The van der Waals surface area contributed by atoms with Crippen molar-refractivity contribution in [2.75, 3.05) is 7.11 Å². The van der Waals surface area contributed by atoms with Gasteiger partial charge in [0.05, 0.1) is 10.0 Å². The van der Waals surface area contributed by atoms with Gasteiger partial charge in [-0.25, -0.2) is 4.79 Å². The molecule has 0 bridgehead atoms. The van der Waals surface area contributed by atoms with Gasteiger partial charge in [-0.05, 0) is 31.5 Å². The zero-order valence-corrected chi connectivity index (χ0v) is 17.1. The molecule has 3 rings (SSSR count). The third-order valence-electron chi connectivity index (χ3n) is 4.69. The third-order valence-corrected chi connectivity index (χ3v) is 7.00. The number of halogens is 2. The number of hydrogen-bond donors (Lipinski definition) is 2. The summed E-state index contributed by atoms with van der Waals surface area (Å²) < 4.78 is 4.61. The van der Waals surface area contributed by atoms with Gasteiger partial charge in [-0.1, -0.05) is 29.3 Å². The molecule has 1 aromatic carbocycles. The molecular weight excluding hydrogens is 415 g/mol. The first-order valence-electron chi connectivity index (χ1n) is 8.09. The zero-order chi connectivity index (χ0) is 20.1. The molecule has 2 aliphatic heterocycles. The van der Waals surface area contributed by atoms with Crippen LogP contribution in [0.25, 0.3) is 0 Å². The highest BCUT2D eigenvalue weighted by Gasteiger charge is 2.64. The minimum Gasteiger partial charge on any atom is -0.480 e. The van der Waals surface area contributed by atoms with Gasteiger partial charge in [-0.15, -0.1) is 11.8 Å². The van der Waals surface area contributed by atoms with Crippen LogP contribution in [0.3, 0.4) is 0 Å². The summed E-state index contributed by atoms with van der Waals surface area (Å²) in [5.41, 5.74) is 0.496. The fourth-order valence-electron chi connectivity index (χ4n) is 3.44. The fourth-order valence-corrected chi connectivity index (χ4v) is 5.38. The Bertz CT molecular complexity index is 819. The molecule has 10 heteroatoms. The van der Waals surface area contributed by atoms with E-state index in [1.807, 2.05) is 0 Å². The molecule has 0 radical (unpaired) electrons. The van der Waals surface area contributed by atoms with E-state index in [1.54, 1.807) is 26.0 Å². The highest BCUT2D eigenvalue weighted by Crippen LogP contribution is 2.50. The minimum absolute atomic E-state index is 0.285. The number of ether oxygens (including phenoxy) is 1. The van der Waals surface area contributed by atoms with E-state index in [0.29, 0.717) is 10.6 Å². The Kier molecular flexibility index (Phi) is 5.37. The van der Waals surface area contributed by atoms with Crippen LogP contribution in [0.2, 0.25) is 10.0 Å². The van der Waals surface area contributed by atoms with Crippen molar-refractivity contribution in [3.8, 4) is 0 Å². The lowest BCUT2D eigenvalue weighted by atomic mass is 9.96. The summed E-state index contributed by atoms with van der Waals surface area (Å²) >= 11 is 13.3. The number of benzene rings is 1. The van der Waals surface area contributed by atoms with E-state index >= 15 is 0 Å². The maximum absolute atomic E-state index is 12.7. The number of methoxy groups -OCH3 is 1. The number of β-lactam (4-membered cyclic amide) rings is 1. The highest BCUT2D eigenvalue weighted by molar-refractivity contribution is 8.01. The van der Waals surface area contributed by atoms with Gasteiger partial charge in [0, 0.05) is 11.9 Å². The summed E-state index contributed by atoms with van der Waals surface area (Å²) in [5, 5.41) is 12.3. The van der Waals surface area contributed by atoms with Crippen LogP contribution in [0, 0.1) is 0 Å². The molecule has 0 spiro atoms. The number of carbonyl (C=O) groups excluding carboxylic acids is 2. The van der Waals surface area contributed by atoms with Crippen LogP contribution in [0.1, 0.15) is 25.5 Å².